The number of anilines is 3. The summed E-state index contributed by atoms with van der Waals surface area (Å²) in [6.07, 6.45) is 0.353. The van der Waals surface area contributed by atoms with Crippen molar-refractivity contribution in [2.45, 2.75) is 38.4 Å². The van der Waals surface area contributed by atoms with Crippen molar-refractivity contribution in [3.8, 4) is 0 Å². The molecule has 1 aromatic heterocycles. The molecule has 1 unspecified atom stereocenters. The normalized spacial score (nSPS) is 17.0. The standard InChI is InChI=1S/C28H30F3N5O3/c1-32-26-34-16-20(17-35-26)24(37)7-4-12-27(13-14-39-18-27)25(38)33-15-19-8-10-21(11-9-19)36-23-6-3-2-5-22(23)28(29,30)31/h2-3,5-6,8-11,16-17,36H,4,7,12-15,18H2,1H3,(H,33,38)(H,32,34,35). The Hall–Kier alpha value is -3.99. The molecule has 1 amide bonds. The topological polar surface area (TPSA) is 105 Å². The number of halogens is 3. The van der Waals surface area contributed by atoms with Crippen molar-refractivity contribution >= 4 is 29.0 Å². The molecule has 0 bridgehead atoms. The zero-order chi connectivity index (χ0) is 27.9. The quantitative estimate of drug-likeness (QED) is 0.281. The van der Waals surface area contributed by atoms with Crippen LogP contribution in [0, 0.1) is 5.41 Å². The molecule has 0 saturated carbocycles. The predicted molar refractivity (Wildman–Crippen MR) is 141 cm³/mol. The first-order valence-corrected chi connectivity index (χ1v) is 12.6. The summed E-state index contributed by atoms with van der Waals surface area (Å²) in [5.41, 5.74) is 0.234. The fraction of sp³-hybridized carbons (Fsp3) is 0.357. The Kier molecular flexibility index (Phi) is 8.80. The van der Waals surface area contributed by atoms with Crippen LogP contribution in [-0.2, 0) is 22.3 Å². The van der Waals surface area contributed by atoms with Crippen LogP contribution >= 0.6 is 0 Å². The highest BCUT2D eigenvalue weighted by Crippen LogP contribution is 2.36. The molecule has 4 rings (SSSR count). The van der Waals surface area contributed by atoms with Gasteiger partial charge in [0.25, 0.3) is 0 Å². The lowest BCUT2D eigenvalue weighted by molar-refractivity contribution is -0.137. The number of hydrogen-bond donors (Lipinski definition) is 3. The smallest absolute Gasteiger partial charge is 0.380 e. The lowest BCUT2D eigenvalue weighted by Crippen LogP contribution is -2.41. The van der Waals surface area contributed by atoms with Gasteiger partial charge in [-0.25, -0.2) is 9.97 Å². The van der Waals surface area contributed by atoms with Gasteiger partial charge in [-0.15, -0.1) is 0 Å². The summed E-state index contributed by atoms with van der Waals surface area (Å²) >= 11 is 0. The Labute approximate surface area is 224 Å². The molecule has 39 heavy (non-hydrogen) atoms. The number of ether oxygens (including phenoxy) is 1. The minimum Gasteiger partial charge on any atom is -0.380 e. The zero-order valence-electron chi connectivity index (χ0n) is 21.5. The Morgan fingerprint density at radius 3 is 2.41 bits per heavy atom. The molecule has 8 nitrogen and oxygen atoms in total. The van der Waals surface area contributed by atoms with Gasteiger partial charge >= 0.3 is 6.18 Å². The van der Waals surface area contributed by atoms with Gasteiger partial charge in [-0.2, -0.15) is 13.2 Å². The van der Waals surface area contributed by atoms with E-state index in [0.717, 1.165) is 11.6 Å². The number of nitrogens with zero attached hydrogens (tertiary/aromatic N) is 2. The van der Waals surface area contributed by atoms with Gasteiger partial charge < -0.3 is 20.7 Å². The van der Waals surface area contributed by atoms with Crippen molar-refractivity contribution in [1.82, 2.24) is 15.3 Å². The van der Waals surface area contributed by atoms with Crippen LogP contribution in [0.4, 0.5) is 30.5 Å². The maximum atomic E-state index is 13.3. The van der Waals surface area contributed by atoms with Crippen molar-refractivity contribution in [3.63, 3.8) is 0 Å². The molecule has 1 aliphatic heterocycles. The Morgan fingerprint density at radius 2 is 1.77 bits per heavy atom. The largest absolute Gasteiger partial charge is 0.418 e. The van der Waals surface area contributed by atoms with Crippen LogP contribution in [0.2, 0.25) is 0 Å². The van der Waals surface area contributed by atoms with Gasteiger partial charge in [0.05, 0.1) is 28.8 Å². The second kappa shape index (κ2) is 12.2. The molecule has 1 fully saturated rings. The Bertz CT molecular complexity index is 1270. The van der Waals surface area contributed by atoms with Crippen molar-refractivity contribution < 1.29 is 27.5 Å². The molecule has 0 radical (unpaired) electrons. The van der Waals surface area contributed by atoms with Crippen LogP contribution in [0.25, 0.3) is 0 Å². The number of ketones is 1. The van der Waals surface area contributed by atoms with Crippen molar-refractivity contribution in [2.24, 2.45) is 5.41 Å². The third-order valence-corrected chi connectivity index (χ3v) is 6.76. The van der Waals surface area contributed by atoms with Gasteiger partial charge in [0.15, 0.2) is 5.78 Å². The van der Waals surface area contributed by atoms with Gasteiger partial charge in [-0.05, 0) is 49.1 Å². The van der Waals surface area contributed by atoms with Crippen LogP contribution < -0.4 is 16.0 Å². The molecule has 3 aromatic rings. The second-order valence-electron chi connectivity index (χ2n) is 9.45. The number of aromatic nitrogens is 2. The number of para-hydroxylation sites is 1. The molecule has 2 aromatic carbocycles. The number of nitrogens with one attached hydrogen (secondary N) is 3. The molecule has 1 aliphatic rings. The average Bonchev–Trinajstić information content (AvgIpc) is 3.42. The van der Waals surface area contributed by atoms with Crippen LogP contribution in [0.15, 0.2) is 60.9 Å². The second-order valence-corrected chi connectivity index (χ2v) is 9.45. The van der Waals surface area contributed by atoms with Gasteiger partial charge in [0.2, 0.25) is 11.9 Å². The van der Waals surface area contributed by atoms with E-state index in [9.17, 15) is 22.8 Å². The van der Waals surface area contributed by atoms with E-state index in [2.05, 4.69) is 25.9 Å². The lowest BCUT2D eigenvalue weighted by Gasteiger charge is -2.26. The van der Waals surface area contributed by atoms with Gasteiger partial charge in [-0.1, -0.05) is 24.3 Å². The van der Waals surface area contributed by atoms with Crippen molar-refractivity contribution in [3.05, 3.63) is 77.6 Å². The first-order valence-electron chi connectivity index (χ1n) is 12.6. The van der Waals surface area contributed by atoms with Gasteiger partial charge in [0, 0.05) is 44.7 Å². The Balaban J connectivity index is 1.30. The third kappa shape index (κ3) is 7.11. The van der Waals surface area contributed by atoms with E-state index in [1.807, 2.05) is 0 Å². The third-order valence-electron chi connectivity index (χ3n) is 6.76. The summed E-state index contributed by atoms with van der Waals surface area (Å²) in [5, 5.41) is 8.57. The number of Topliss-reactive ketones (excluding diaryl/α,β-unsaturated/α-hetero) is 1. The SMILES string of the molecule is CNc1ncc(C(=O)CCCC2(C(=O)NCc3ccc(Nc4ccccc4C(F)(F)F)cc3)CCOC2)cn1. The molecule has 1 atom stereocenters. The van der Waals surface area contributed by atoms with Gasteiger partial charge in [0.1, 0.15) is 0 Å². The molecule has 3 N–H and O–H groups in total. The molecule has 1 saturated heterocycles. The molecule has 2 heterocycles. The van der Waals surface area contributed by atoms with Crippen molar-refractivity contribution in [2.75, 3.05) is 30.9 Å². The van der Waals surface area contributed by atoms with Crippen LogP contribution in [0.3, 0.4) is 0 Å². The van der Waals surface area contributed by atoms with Crippen LogP contribution in [0.1, 0.15) is 47.2 Å². The van der Waals surface area contributed by atoms with Gasteiger partial charge in [-0.3, -0.25) is 9.59 Å². The summed E-state index contributed by atoms with van der Waals surface area (Å²) in [6, 6.07) is 12.1. The fourth-order valence-electron chi connectivity index (χ4n) is 4.50. The minimum atomic E-state index is -4.46. The highest BCUT2D eigenvalue weighted by molar-refractivity contribution is 5.95. The number of hydrogen-bond acceptors (Lipinski definition) is 7. The van der Waals surface area contributed by atoms with E-state index in [1.54, 1.807) is 31.3 Å². The van der Waals surface area contributed by atoms with E-state index in [-0.39, 0.29) is 37.0 Å². The van der Waals surface area contributed by atoms with E-state index >= 15 is 0 Å². The summed E-state index contributed by atoms with van der Waals surface area (Å²) < 4.78 is 45.3. The highest BCUT2D eigenvalue weighted by atomic mass is 19.4. The molecular weight excluding hydrogens is 511 g/mol. The van der Waals surface area contributed by atoms with E-state index in [4.69, 9.17) is 4.74 Å². The molecule has 0 spiro atoms. The van der Waals surface area contributed by atoms with Crippen LogP contribution in [0.5, 0.6) is 0 Å². The maximum absolute atomic E-state index is 13.3. The average molecular weight is 542 g/mol. The molecular formula is C28H30F3N5O3. The predicted octanol–water partition coefficient (Wildman–Crippen LogP) is 5.36. The summed E-state index contributed by atoms with van der Waals surface area (Å²) in [6.45, 7) is 1.02. The highest BCUT2D eigenvalue weighted by Gasteiger charge is 2.41. The number of rotatable bonds is 11. The number of benzene rings is 2. The zero-order valence-corrected chi connectivity index (χ0v) is 21.5. The summed E-state index contributed by atoms with van der Waals surface area (Å²) in [4.78, 5) is 33.8. The number of carbonyl (C=O) groups excluding carboxylic acids is 2. The summed E-state index contributed by atoms with van der Waals surface area (Å²) in [5.74, 6) is 0.206. The first kappa shape index (κ1) is 28.0. The van der Waals surface area contributed by atoms with E-state index in [1.165, 1.54) is 30.6 Å². The van der Waals surface area contributed by atoms with Crippen molar-refractivity contribution in [1.29, 1.82) is 0 Å². The number of carbonyl (C=O) groups is 2. The van der Waals surface area contributed by atoms with Crippen LogP contribution in [-0.4, -0.2) is 41.9 Å². The molecule has 0 aliphatic carbocycles. The Morgan fingerprint density at radius 1 is 1.05 bits per heavy atom. The maximum Gasteiger partial charge on any atom is 0.418 e. The van der Waals surface area contributed by atoms with E-state index in [0.29, 0.717) is 43.1 Å². The first-order chi connectivity index (χ1) is 18.7. The number of alkyl halides is 3. The van der Waals surface area contributed by atoms with E-state index < -0.39 is 17.2 Å². The summed E-state index contributed by atoms with van der Waals surface area (Å²) in [7, 11) is 1.69. The molecule has 206 valence electrons. The molecule has 11 heteroatoms. The monoisotopic (exact) mass is 541 g/mol. The minimum absolute atomic E-state index is 0.0322. The fourth-order valence-corrected chi connectivity index (χ4v) is 4.50. The lowest BCUT2D eigenvalue weighted by atomic mass is 9.80. The number of amides is 1.